The zero-order chi connectivity index (χ0) is 19.9. The predicted octanol–water partition coefficient (Wildman–Crippen LogP) is 2.72. The summed E-state index contributed by atoms with van der Waals surface area (Å²) in [5, 5.41) is 8.70. The molecule has 2 atom stereocenters. The Labute approximate surface area is 165 Å². The van der Waals surface area contributed by atoms with Crippen molar-refractivity contribution in [3.05, 3.63) is 60.2 Å². The minimum absolute atomic E-state index is 0.00114. The van der Waals surface area contributed by atoms with Crippen molar-refractivity contribution in [1.29, 1.82) is 5.26 Å². The largest absolute Gasteiger partial charge is 0.244 e. The zero-order valence-corrected chi connectivity index (χ0v) is 16.7. The van der Waals surface area contributed by atoms with Gasteiger partial charge in [-0.15, -0.1) is 0 Å². The van der Waals surface area contributed by atoms with Gasteiger partial charge < -0.3 is 0 Å². The maximum Gasteiger partial charge on any atom is 0.244 e. The topological polar surface area (TPSA) is 95.3 Å². The molecular formula is C20H20N2O4S2. The van der Waals surface area contributed by atoms with Crippen LogP contribution >= 0.6 is 0 Å². The van der Waals surface area contributed by atoms with Crippen LogP contribution in [0.4, 0.5) is 0 Å². The van der Waals surface area contributed by atoms with Crippen molar-refractivity contribution < 1.29 is 16.8 Å². The Morgan fingerprint density at radius 1 is 0.857 bits per heavy atom. The van der Waals surface area contributed by atoms with Gasteiger partial charge in [0.2, 0.25) is 10.0 Å². The van der Waals surface area contributed by atoms with Crippen LogP contribution in [0.1, 0.15) is 31.2 Å². The molecule has 2 aromatic rings. The number of rotatable bonds is 4. The van der Waals surface area contributed by atoms with Crippen molar-refractivity contribution >= 4 is 19.9 Å². The maximum absolute atomic E-state index is 13.3. The number of sulfone groups is 1. The summed E-state index contributed by atoms with van der Waals surface area (Å²) in [4.78, 5) is 0.282. The number of sulfonamides is 1. The first-order valence-corrected chi connectivity index (χ1v) is 12.2. The normalized spacial score (nSPS) is 25.3. The van der Waals surface area contributed by atoms with E-state index < -0.39 is 25.1 Å². The van der Waals surface area contributed by atoms with Gasteiger partial charge in [0.1, 0.15) is 6.07 Å². The molecule has 0 amide bonds. The van der Waals surface area contributed by atoms with Gasteiger partial charge in [-0.05, 0) is 49.9 Å². The molecular weight excluding hydrogens is 396 g/mol. The molecule has 2 unspecified atom stereocenters. The van der Waals surface area contributed by atoms with E-state index in [9.17, 15) is 22.1 Å². The minimum atomic E-state index is -3.86. The molecule has 0 radical (unpaired) electrons. The number of nitrogens with zero attached hydrogens (tertiary/aromatic N) is 2. The van der Waals surface area contributed by atoms with Gasteiger partial charge in [-0.25, -0.2) is 16.8 Å². The van der Waals surface area contributed by atoms with Gasteiger partial charge in [0, 0.05) is 12.1 Å². The Balaban J connectivity index is 1.66. The van der Waals surface area contributed by atoms with Crippen molar-refractivity contribution in [2.24, 2.45) is 0 Å². The molecule has 0 N–H and O–H groups in total. The highest BCUT2D eigenvalue weighted by Gasteiger charge is 2.50. The fraction of sp³-hybridized carbons (Fsp3) is 0.350. The van der Waals surface area contributed by atoms with Gasteiger partial charge in [0.15, 0.2) is 9.84 Å². The lowest BCUT2D eigenvalue weighted by Crippen LogP contribution is -2.49. The van der Waals surface area contributed by atoms with Crippen LogP contribution in [0, 0.1) is 11.3 Å². The predicted molar refractivity (Wildman–Crippen MR) is 104 cm³/mol. The molecule has 8 heteroatoms. The Kier molecular flexibility index (Phi) is 4.78. The van der Waals surface area contributed by atoms with Crippen LogP contribution < -0.4 is 0 Å². The third kappa shape index (κ3) is 3.04. The first-order chi connectivity index (χ1) is 13.4. The van der Waals surface area contributed by atoms with Crippen molar-refractivity contribution in [1.82, 2.24) is 4.31 Å². The molecule has 4 rings (SSSR count). The third-order valence-corrected chi connectivity index (χ3v) is 9.95. The van der Waals surface area contributed by atoms with E-state index in [1.165, 1.54) is 16.4 Å². The summed E-state index contributed by atoms with van der Waals surface area (Å²) in [6, 6.07) is 15.7. The molecule has 2 aliphatic heterocycles. The van der Waals surface area contributed by atoms with Gasteiger partial charge in [-0.2, -0.15) is 9.57 Å². The Hall–Kier alpha value is -2.21. The van der Waals surface area contributed by atoms with E-state index >= 15 is 0 Å². The number of nitriles is 1. The summed E-state index contributed by atoms with van der Waals surface area (Å²) in [7, 11) is -7.37. The monoisotopic (exact) mass is 416 g/mol. The first-order valence-electron chi connectivity index (χ1n) is 9.17. The Bertz CT molecular complexity index is 1120. The molecule has 2 aliphatic rings. The molecule has 0 aromatic heterocycles. The van der Waals surface area contributed by atoms with Crippen LogP contribution in [0.25, 0.3) is 0 Å². The number of piperidine rings is 1. The average molecular weight is 417 g/mol. The van der Waals surface area contributed by atoms with E-state index in [4.69, 9.17) is 0 Å². The van der Waals surface area contributed by atoms with E-state index in [0.717, 1.165) is 0 Å². The molecule has 0 saturated carbocycles. The van der Waals surface area contributed by atoms with Gasteiger partial charge in [-0.1, -0.05) is 30.3 Å². The van der Waals surface area contributed by atoms with Crippen LogP contribution in [0.15, 0.2) is 64.4 Å². The zero-order valence-electron chi connectivity index (χ0n) is 15.1. The fourth-order valence-electron chi connectivity index (χ4n) is 4.43. The summed E-state index contributed by atoms with van der Waals surface area (Å²) >= 11 is 0. The molecule has 2 aromatic carbocycles. The van der Waals surface area contributed by atoms with Crippen molar-refractivity contribution in [2.45, 2.75) is 52.8 Å². The fourth-order valence-corrected chi connectivity index (χ4v) is 8.34. The molecule has 2 bridgehead atoms. The Morgan fingerprint density at radius 3 is 2.04 bits per heavy atom. The second-order valence-corrected chi connectivity index (χ2v) is 11.3. The third-order valence-electron chi connectivity index (χ3n) is 5.70. The summed E-state index contributed by atoms with van der Waals surface area (Å²) < 4.78 is 54.1. The van der Waals surface area contributed by atoms with Crippen LogP contribution in [0.5, 0.6) is 0 Å². The van der Waals surface area contributed by atoms with Crippen LogP contribution in [-0.4, -0.2) is 38.5 Å². The van der Waals surface area contributed by atoms with Gasteiger partial charge in [0.05, 0.1) is 20.6 Å². The van der Waals surface area contributed by atoms with E-state index in [2.05, 4.69) is 0 Å². The summed E-state index contributed by atoms with van der Waals surface area (Å²) in [6.45, 7) is 0. The molecule has 6 nitrogen and oxygen atoms in total. The summed E-state index contributed by atoms with van der Waals surface area (Å²) in [6.07, 6.45) is 1.84. The molecule has 0 aliphatic carbocycles. The number of hydrogen-bond donors (Lipinski definition) is 0. The Morgan fingerprint density at radius 2 is 1.43 bits per heavy atom. The molecule has 146 valence electrons. The van der Waals surface area contributed by atoms with E-state index in [1.807, 2.05) is 6.07 Å². The molecule has 0 spiro atoms. The van der Waals surface area contributed by atoms with Crippen molar-refractivity contribution in [3.8, 4) is 6.07 Å². The average Bonchev–Trinajstić information content (AvgIpc) is 2.99. The summed E-state index contributed by atoms with van der Waals surface area (Å²) in [5.41, 5.74) is 0.112. The van der Waals surface area contributed by atoms with Crippen LogP contribution in [-0.2, 0) is 19.9 Å². The lowest BCUT2D eigenvalue weighted by molar-refractivity contribution is 0.249. The molecule has 2 fully saturated rings. The molecule has 2 heterocycles. The van der Waals surface area contributed by atoms with Crippen LogP contribution in [0.2, 0.25) is 0 Å². The van der Waals surface area contributed by atoms with Crippen molar-refractivity contribution in [2.75, 3.05) is 0 Å². The van der Waals surface area contributed by atoms with Crippen LogP contribution in [0.3, 0.4) is 0 Å². The highest BCUT2D eigenvalue weighted by atomic mass is 32.2. The number of hydrogen-bond acceptors (Lipinski definition) is 5. The lowest BCUT2D eigenvalue weighted by atomic mass is 10.1. The van der Waals surface area contributed by atoms with Gasteiger partial charge in [0.25, 0.3) is 0 Å². The van der Waals surface area contributed by atoms with Crippen molar-refractivity contribution in [3.63, 3.8) is 0 Å². The molecule has 2 saturated heterocycles. The second-order valence-electron chi connectivity index (χ2n) is 7.28. The maximum atomic E-state index is 13.3. The summed E-state index contributed by atoms with van der Waals surface area (Å²) in [5.74, 6) is 0. The van der Waals surface area contributed by atoms with E-state index in [1.54, 1.807) is 42.5 Å². The van der Waals surface area contributed by atoms with E-state index in [-0.39, 0.29) is 40.3 Å². The smallest absolute Gasteiger partial charge is 0.223 e. The first kappa shape index (κ1) is 19.1. The SMILES string of the molecule is N#Cc1ccccc1S(=O)(=O)N1C2CCC1CC(S(=O)(=O)c1ccccc1)C2. The van der Waals surface area contributed by atoms with Gasteiger partial charge >= 0.3 is 0 Å². The number of benzene rings is 2. The highest BCUT2D eigenvalue weighted by Crippen LogP contribution is 2.43. The lowest BCUT2D eigenvalue weighted by Gasteiger charge is -2.37. The standard InChI is InChI=1S/C20H20N2O4S2/c21-14-15-6-4-5-9-20(15)28(25,26)22-16-10-11-17(22)13-19(12-16)27(23,24)18-7-2-1-3-8-18/h1-9,16-17,19H,10-13H2. The quantitative estimate of drug-likeness (QED) is 0.764. The number of fused-ring (bicyclic) bond motifs is 2. The highest BCUT2D eigenvalue weighted by molar-refractivity contribution is 7.92. The van der Waals surface area contributed by atoms with Gasteiger partial charge in [-0.3, -0.25) is 0 Å². The second kappa shape index (κ2) is 6.99. The minimum Gasteiger partial charge on any atom is -0.223 e. The molecule has 28 heavy (non-hydrogen) atoms. The van der Waals surface area contributed by atoms with E-state index in [0.29, 0.717) is 12.8 Å².